The van der Waals surface area contributed by atoms with Crippen molar-refractivity contribution in [2.45, 2.75) is 77.5 Å². The fourth-order valence-corrected chi connectivity index (χ4v) is 4.22. The van der Waals surface area contributed by atoms with Gasteiger partial charge in [-0.05, 0) is 39.2 Å². The van der Waals surface area contributed by atoms with Crippen LogP contribution in [0, 0.1) is 0 Å². The van der Waals surface area contributed by atoms with Crippen molar-refractivity contribution in [3.05, 3.63) is 39.9 Å². The molecular weight excluding hydrogens is 410 g/mol. The second-order valence-electron chi connectivity index (χ2n) is 9.06. The lowest BCUT2D eigenvalue weighted by Gasteiger charge is -2.24. The molecule has 1 aliphatic rings. The summed E-state index contributed by atoms with van der Waals surface area (Å²) in [6, 6.07) is -0.582. The third kappa shape index (κ3) is 8.00. The van der Waals surface area contributed by atoms with Crippen molar-refractivity contribution in [2.24, 2.45) is 0 Å². The Morgan fingerprint density at radius 2 is 2.07 bits per heavy atom. The summed E-state index contributed by atoms with van der Waals surface area (Å²) in [6.07, 6.45) is 6.29. The number of hydrogen-bond acceptors (Lipinski definition) is 6. The number of ether oxygens (including phenoxy) is 1. The van der Waals surface area contributed by atoms with Crippen molar-refractivity contribution in [3.8, 4) is 0 Å². The predicted molar refractivity (Wildman–Crippen MR) is 115 cm³/mol. The SMILES string of the molecule is CC(C)(C)OC(=O)N[C@@H](CC1=CCC(NS(=O)[O-])C=C1)c1nc(C(C)(C)C)cs1. The van der Waals surface area contributed by atoms with E-state index < -0.39 is 23.0 Å². The van der Waals surface area contributed by atoms with Gasteiger partial charge in [0.05, 0.1) is 11.7 Å². The molecule has 7 nitrogen and oxygen atoms in total. The van der Waals surface area contributed by atoms with Gasteiger partial charge in [-0.3, -0.25) is 4.21 Å². The quantitative estimate of drug-likeness (QED) is 0.650. The van der Waals surface area contributed by atoms with Gasteiger partial charge in [-0.25, -0.2) is 14.5 Å². The number of carbonyl (C=O) groups excluding carboxylic acids is 1. The maximum absolute atomic E-state index is 12.4. The number of thiazole rings is 1. The third-order valence-corrected chi connectivity index (χ3v) is 5.60. The molecule has 0 spiro atoms. The Balaban J connectivity index is 2.16. The van der Waals surface area contributed by atoms with Crippen LogP contribution >= 0.6 is 11.3 Å². The standard InChI is InChI=1S/C20H31N3O4S2/c1-19(2,3)16-12-28-17(22-16)15(21-18(24)27-20(4,5)6)11-13-7-9-14(10-8-13)23-29(25)26/h7-9,12,14-15,23H,10-11H2,1-6H3,(H,21,24)(H,25,26)/p-1/t14?,15-/m0/s1. The lowest BCUT2D eigenvalue weighted by molar-refractivity contribution is 0.0503. The molecule has 0 fully saturated rings. The number of carbonyl (C=O) groups is 1. The summed E-state index contributed by atoms with van der Waals surface area (Å²) in [5.41, 5.74) is 1.31. The lowest BCUT2D eigenvalue weighted by Crippen LogP contribution is -2.35. The number of allylic oxidation sites excluding steroid dienone is 1. The minimum atomic E-state index is -2.30. The largest absolute Gasteiger partial charge is 0.760 e. The van der Waals surface area contributed by atoms with Crippen molar-refractivity contribution in [1.82, 2.24) is 15.0 Å². The molecule has 2 rings (SSSR count). The van der Waals surface area contributed by atoms with Crippen LogP contribution in [0.15, 0.2) is 29.2 Å². The molecule has 0 bridgehead atoms. The summed E-state index contributed by atoms with van der Waals surface area (Å²) in [5, 5.41) is 5.78. The van der Waals surface area contributed by atoms with Crippen LogP contribution in [0.3, 0.4) is 0 Å². The van der Waals surface area contributed by atoms with Crippen LogP contribution in [0.4, 0.5) is 4.79 Å². The molecule has 1 heterocycles. The lowest BCUT2D eigenvalue weighted by atomic mass is 9.93. The van der Waals surface area contributed by atoms with Crippen LogP contribution in [0.2, 0.25) is 0 Å². The van der Waals surface area contributed by atoms with E-state index in [1.165, 1.54) is 11.3 Å². The molecule has 0 aromatic carbocycles. The van der Waals surface area contributed by atoms with Gasteiger partial charge in [0.2, 0.25) is 0 Å². The fourth-order valence-electron chi connectivity index (χ4n) is 2.70. The Labute approximate surface area is 179 Å². The van der Waals surface area contributed by atoms with E-state index >= 15 is 0 Å². The number of amides is 1. The Kier molecular flexibility index (Phi) is 7.78. The van der Waals surface area contributed by atoms with E-state index in [9.17, 15) is 13.6 Å². The van der Waals surface area contributed by atoms with E-state index in [0.717, 1.165) is 16.3 Å². The molecule has 1 aliphatic carbocycles. The number of alkyl carbamates (subject to hydrolysis) is 1. The van der Waals surface area contributed by atoms with E-state index in [0.29, 0.717) is 12.8 Å². The van der Waals surface area contributed by atoms with E-state index in [1.54, 1.807) is 0 Å². The molecule has 2 N–H and O–H groups in total. The van der Waals surface area contributed by atoms with Gasteiger partial charge in [-0.2, -0.15) is 0 Å². The van der Waals surface area contributed by atoms with Crippen molar-refractivity contribution in [1.29, 1.82) is 0 Å². The molecule has 1 aromatic rings. The van der Waals surface area contributed by atoms with Crippen molar-refractivity contribution < 1.29 is 18.3 Å². The van der Waals surface area contributed by atoms with Gasteiger partial charge in [-0.15, -0.1) is 11.3 Å². The zero-order chi connectivity index (χ0) is 21.8. The van der Waals surface area contributed by atoms with E-state index in [2.05, 4.69) is 30.8 Å². The van der Waals surface area contributed by atoms with Crippen LogP contribution in [-0.4, -0.2) is 31.5 Å². The first-order valence-corrected chi connectivity index (χ1v) is 11.5. The number of hydrogen-bond donors (Lipinski definition) is 2. The average Bonchev–Trinajstić information content (AvgIpc) is 3.04. The first-order chi connectivity index (χ1) is 13.3. The second-order valence-corrected chi connectivity index (χ2v) is 10.7. The molecular formula is C20H30N3O4S2-. The van der Waals surface area contributed by atoms with Crippen molar-refractivity contribution in [3.63, 3.8) is 0 Å². The number of aromatic nitrogens is 1. The highest BCUT2D eigenvalue weighted by Gasteiger charge is 2.26. The van der Waals surface area contributed by atoms with Gasteiger partial charge in [0.15, 0.2) is 0 Å². The number of nitrogens with zero attached hydrogens (tertiary/aromatic N) is 1. The van der Waals surface area contributed by atoms with Crippen molar-refractivity contribution in [2.75, 3.05) is 0 Å². The van der Waals surface area contributed by atoms with E-state index in [1.807, 2.05) is 44.4 Å². The van der Waals surface area contributed by atoms with E-state index in [4.69, 9.17) is 9.72 Å². The molecule has 0 aliphatic heterocycles. The minimum absolute atomic E-state index is 0.0813. The van der Waals surface area contributed by atoms with Crippen LogP contribution in [-0.2, 0) is 21.4 Å². The van der Waals surface area contributed by atoms with Crippen LogP contribution in [0.1, 0.15) is 71.1 Å². The Morgan fingerprint density at radius 3 is 2.55 bits per heavy atom. The van der Waals surface area contributed by atoms with Crippen molar-refractivity contribution >= 4 is 28.7 Å². The minimum Gasteiger partial charge on any atom is -0.760 e. The second kappa shape index (κ2) is 9.51. The molecule has 1 amide bonds. The molecule has 9 heteroatoms. The average molecular weight is 441 g/mol. The molecule has 1 aromatic heterocycles. The maximum Gasteiger partial charge on any atom is 0.408 e. The first kappa shape index (κ1) is 23.7. The van der Waals surface area contributed by atoms with Gasteiger partial charge in [0.1, 0.15) is 10.6 Å². The van der Waals surface area contributed by atoms with Crippen LogP contribution in [0.5, 0.6) is 0 Å². The van der Waals surface area contributed by atoms with Gasteiger partial charge >= 0.3 is 6.09 Å². The molecule has 0 radical (unpaired) electrons. The first-order valence-electron chi connectivity index (χ1n) is 9.51. The Morgan fingerprint density at radius 1 is 1.38 bits per heavy atom. The summed E-state index contributed by atoms with van der Waals surface area (Å²) in [7, 11) is 0. The zero-order valence-electron chi connectivity index (χ0n) is 17.8. The summed E-state index contributed by atoms with van der Waals surface area (Å²) in [6.45, 7) is 11.8. The highest BCUT2D eigenvalue weighted by Crippen LogP contribution is 2.31. The Bertz CT molecular complexity index is 803. The van der Waals surface area contributed by atoms with Gasteiger partial charge < -0.3 is 14.6 Å². The summed E-state index contributed by atoms with van der Waals surface area (Å²) >= 11 is -0.785. The monoisotopic (exact) mass is 440 g/mol. The highest BCUT2D eigenvalue weighted by atomic mass is 32.2. The summed E-state index contributed by atoms with van der Waals surface area (Å²) in [5.74, 6) is 0. The van der Waals surface area contributed by atoms with Crippen LogP contribution < -0.4 is 10.0 Å². The highest BCUT2D eigenvalue weighted by molar-refractivity contribution is 7.77. The number of rotatable bonds is 6. The van der Waals surface area contributed by atoms with Gasteiger partial charge in [0.25, 0.3) is 0 Å². The smallest absolute Gasteiger partial charge is 0.408 e. The van der Waals surface area contributed by atoms with Gasteiger partial charge in [-0.1, -0.05) is 39.0 Å². The normalized spacial score (nSPS) is 19.4. The van der Waals surface area contributed by atoms with Gasteiger partial charge in [0, 0.05) is 28.1 Å². The zero-order valence-corrected chi connectivity index (χ0v) is 19.4. The third-order valence-electron chi connectivity index (χ3n) is 4.14. The van der Waals surface area contributed by atoms with Crippen LogP contribution in [0.25, 0.3) is 0 Å². The molecule has 0 saturated carbocycles. The summed E-state index contributed by atoms with van der Waals surface area (Å²) < 4.78 is 29.5. The molecule has 29 heavy (non-hydrogen) atoms. The fraction of sp³-hybridized carbons (Fsp3) is 0.600. The molecule has 0 saturated heterocycles. The predicted octanol–water partition coefficient (Wildman–Crippen LogP) is 4.04. The van der Waals surface area contributed by atoms with E-state index in [-0.39, 0.29) is 17.5 Å². The number of nitrogens with one attached hydrogen (secondary N) is 2. The Hall–Kier alpha value is -1.55. The summed E-state index contributed by atoms with van der Waals surface area (Å²) in [4.78, 5) is 17.1. The molecule has 3 atom stereocenters. The molecule has 162 valence electrons. The topological polar surface area (TPSA) is 103 Å². The maximum atomic E-state index is 12.4. The molecule has 2 unspecified atom stereocenters.